The fraction of sp³-hybridized carbons (Fsp3) is 0.417. The number of anilines is 1. The lowest BCUT2D eigenvalue weighted by Gasteiger charge is -2.14. The Morgan fingerprint density at radius 2 is 1.83 bits per heavy atom. The lowest BCUT2D eigenvalue weighted by Crippen LogP contribution is -2.30. The molecule has 0 aliphatic carbocycles. The highest BCUT2D eigenvalue weighted by molar-refractivity contribution is 6.42. The zero-order chi connectivity index (χ0) is 13.7. The molecule has 0 radical (unpaired) electrons. The van der Waals surface area contributed by atoms with Crippen molar-refractivity contribution in [1.82, 2.24) is 5.32 Å². The van der Waals surface area contributed by atoms with E-state index < -0.39 is 0 Å². The van der Waals surface area contributed by atoms with Crippen molar-refractivity contribution < 1.29 is 4.79 Å². The lowest BCUT2D eigenvalue weighted by molar-refractivity contribution is -0.119. The molecule has 0 aliphatic rings. The molecule has 18 heavy (non-hydrogen) atoms. The quantitative estimate of drug-likeness (QED) is 0.868. The predicted molar refractivity (Wildman–Crippen MR) is 77.8 cm³/mol. The Bertz CT molecular complexity index is 414. The molecule has 1 amide bonds. The molecule has 1 atom stereocenters. The summed E-state index contributed by atoms with van der Waals surface area (Å²) in [5.41, 5.74) is 0.399. The number of hydrogen-bond donors (Lipinski definition) is 2. The number of rotatable bonds is 5. The van der Waals surface area contributed by atoms with Crippen molar-refractivity contribution in [3.8, 4) is 0 Å². The minimum atomic E-state index is -0.173. The molecule has 0 saturated heterocycles. The molecule has 100 valence electrons. The van der Waals surface area contributed by atoms with E-state index in [4.69, 9.17) is 34.8 Å². The Hall–Kier alpha value is -0.480. The highest BCUT2D eigenvalue weighted by Gasteiger charge is 2.16. The number of nitrogens with one attached hydrogen (secondary N) is 2. The molecule has 0 saturated carbocycles. The summed E-state index contributed by atoms with van der Waals surface area (Å²) in [5, 5.41) is 6.91. The minimum Gasteiger partial charge on any atom is -0.323 e. The first kappa shape index (κ1) is 15.6. The summed E-state index contributed by atoms with van der Waals surface area (Å²) in [6.07, 6.45) is 0. The van der Waals surface area contributed by atoms with Crippen LogP contribution in [0.2, 0.25) is 15.1 Å². The van der Waals surface area contributed by atoms with Crippen LogP contribution in [-0.4, -0.2) is 19.0 Å². The molecule has 0 heterocycles. The summed E-state index contributed by atoms with van der Waals surface area (Å²) in [7, 11) is 0. The number of carbonyl (C=O) groups is 1. The molecule has 1 rings (SSSR count). The molecule has 0 aliphatic heterocycles. The van der Waals surface area contributed by atoms with Gasteiger partial charge in [-0.2, -0.15) is 0 Å². The van der Waals surface area contributed by atoms with E-state index in [9.17, 15) is 4.79 Å². The van der Waals surface area contributed by atoms with Crippen LogP contribution in [0.3, 0.4) is 0 Å². The summed E-state index contributed by atoms with van der Waals surface area (Å²) in [6, 6.07) is 3.08. The number of halogens is 3. The molecule has 1 aromatic rings. The summed E-state index contributed by atoms with van der Waals surface area (Å²) in [6.45, 7) is 5.23. The largest absolute Gasteiger partial charge is 0.323 e. The van der Waals surface area contributed by atoms with Crippen LogP contribution in [0.4, 0.5) is 5.69 Å². The van der Waals surface area contributed by atoms with Crippen molar-refractivity contribution in [3.63, 3.8) is 0 Å². The van der Waals surface area contributed by atoms with Gasteiger partial charge in [-0.3, -0.25) is 4.79 Å². The van der Waals surface area contributed by atoms with Crippen LogP contribution in [0.25, 0.3) is 0 Å². The van der Waals surface area contributed by atoms with Crippen LogP contribution in [0.15, 0.2) is 12.1 Å². The van der Waals surface area contributed by atoms with Crippen LogP contribution in [0.1, 0.15) is 13.8 Å². The monoisotopic (exact) mass is 308 g/mol. The molecule has 0 bridgehead atoms. The highest BCUT2D eigenvalue weighted by atomic mass is 35.5. The Kier molecular flexibility index (Phi) is 6.22. The zero-order valence-corrected chi connectivity index (χ0v) is 12.5. The van der Waals surface area contributed by atoms with Gasteiger partial charge >= 0.3 is 0 Å². The SMILES string of the molecule is CCNCC(C)C(=O)Nc1c(Cl)cc(Cl)cc1Cl. The normalized spacial score (nSPS) is 12.3. The van der Waals surface area contributed by atoms with Gasteiger partial charge in [0, 0.05) is 17.5 Å². The molecule has 3 nitrogen and oxygen atoms in total. The summed E-state index contributed by atoms with van der Waals surface area (Å²) >= 11 is 17.8. The third kappa shape index (κ3) is 4.32. The van der Waals surface area contributed by atoms with E-state index in [0.29, 0.717) is 27.3 Å². The van der Waals surface area contributed by atoms with Crippen molar-refractivity contribution in [1.29, 1.82) is 0 Å². The van der Waals surface area contributed by atoms with Gasteiger partial charge in [-0.05, 0) is 18.7 Å². The second kappa shape index (κ2) is 7.19. The lowest BCUT2D eigenvalue weighted by atomic mass is 10.1. The van der Waals surface area contributed by atoms with Gasteiger partial charge in [-0.15, -0.1) is 0 Å². The van der Waals surface area contributed by atoms with Crippen LogP contribution in [0.5, 0.6) is 0 Å². The first-order chi connectivity index (χ1) is 8.45. The maximum atomic E-state index is 11.9. The molecular formula is C12H15Cl3N2O. The van der Waals surface area contributed by atoms with Crippen LogP contribution in [0, 0.1) is 5.92 Å². The minimum absolute atomic E-state index is 0.137. The van der Waals surface area contributed by atoms with E-state index in [-0.39, 0.29) is 11.8 Å². The van der Waals surface area contributed by atoms with Crippen LogP contribution >= 0.6 is 34.8 Å². The smallest absolute Gasteiger partial charge is 0.228 e. The van der Waals surface area contributed by atoms with E-state index in [1.807, 2.05) is 13.8 Å². The number of amides is 1. The second-order valence-corrected chi connectivity index (χ2v) is 5.19. The van der Waals surface area contributed by atoms with Crippen molar-refractivity contribution in [2.75, 3.05) is 18.4 Å². The van der Waals surface area contributed by atoms with Crippen LogP contribution in [-0.2, 0) is 4.79 Å². The second-order valence-electron chi connectivity index (χ2n) is 3.94. The van der Waals surface area contributed by atoms with E-state index in [2.05, 4.69) is 10.6 Å². The maximum Gasteiger partial charge on any atom is 0.228 e. The Morgan fingerprint density at radius 3 is 2.33 bits per heavy atom. The van der Waals surface area contributed by atoms with Crippen LogP contribution < -0.4 is 10.6 Å². The van der Waals surface area contributed by atoms with Gasteiger partial charge in [0.25, 0.3) is 0 Å². The number of hydrogen-bond acceptors (Lipinski definition) is 2. The third-order valence-electron chi connectivity index (χ3n) is 2.40. The molecule has 1 aromatic carbocycles. The third-order valence-corrected chi connectivity index (χ3v) is 3.22. The molecule has 1 unspecified atom stereocenters. The predicted octanol–water partition coefficient (Wildman–Crippen LogP) is 3.83. The average molecular weight is 310 g/mol. The molecule has 2 N–H and O–H groups in total. The van der Waals surface area contributed by atoms with E-state index in [1.54, 1.807) is 12.1 Å². The number of benzene rings is 1. The van der Waals surface area contributed by atoms with Gasteiger partial charge in [0.1, 0.15) is 0 Å². The Morgan fingerprint density at radius 1 is 1.28 bits per heavy atom. The Balaban J connectivity index is 2.76. The van der Waals surface area contributed by atoms with Crippen molar-refractivity contribution >= 4 is 46.4 Å². The van der Waals surface area contributed by atoms with Gasteiger partial charge in [0.05, 0.1) is 15.7 Å². The summed E-state index contributed by atoms with van der Waals surface area (Å²) < 4.78 is 0. The van der Waals surface area contributed by atoms with Gasteiger partial charge < -0.3 is 10.6 Å². The molecule has 0 aromatic heterocycles. The zero-order valence-electron chi connectivity index (χ0n) is 10.2. The van der Waals surface area contributed by atoms with Gasteiger partial charge in [-0.1, -0.05) is 48.7 Å². The van der Waals surface area contributed by atoms with Crippen molar-refractivity contribution in [2.24, 2.45) is 5.92 Å². The molecular weight excluding hydrogens is 295 g/mol. The summed E-state index contributed by atoms with van der Waals surface area (Å²) in [4.78, 5) is 11.9. The maximum absolute atomic E-state index is 11.9. The van der Waals surface area contributed by atoms with Gasteiger partial charge in [0.15, 0.2) is 0 Å². The van der Waals surface area contributed by atoms with Gasteiger partial charge in [-0.25, -0.2) is 0 Å². The van der Waals surface area contributed by atoms with Gasteiger partial charge in [0.2, 0.25) is 5.91 Å². The van der Waals surface area contributed by atoms with Crippen molar-refractivity contribution in [2.45, 2.75) is 13.8 Å². The summed E-state index contributed by atoms with van der Waals surface area (Å²) in [5.74, 6) is -0.310. The van der Waals surface area contributed by atoms with E-state index in [0.717, 1.165) is 6.54 Å². The average Bonchev–Trinajstić information content (AvgIpc) is 2.30. The fourth-order valence-corrected chi connectivity index (χ4v) is 2.27. The van der Waals surface area contributed by atoms with E-state index >= 15 is 0 Å². The van der Waals surface area contributed by atoms with Crippen molar-refractivity contribution in [3.05, 3.63) is 27.2 Å². The van der Waals surface area contributed by atoms with E-state index in [1.165, 1.54) is 0 Å². The highest BCUT2D eigenvalue weighted by Crippen LogP contribution is 2.33. The topological polar surface area (TPSA) is 41.1 Å². The molecule has 0 fully saturated rings. The first-order valence-corrected chi connectivity index (χ1v) is 6.75. The Labute approximate surface area is 122 Å². The fourth-order valence-electron chi connectivity index (χ4n) is 1.36. The molecule has 0 spiro atoms. The molecule has 6 heteroatoms. The standard InChI is InChI=1S/C12H15Cl3N2O/c1-3-16-6-7(2)12(18)17-11-9(14)4-8(13)5-10(11)15/h4-5,7,16H,3,6H2,1-2H3,(H,17,18). The first-order valence-electron chi connectivity index (χ1n) is 5.61. The number of carbonyl (C=O) groups excluding carboxylic acids is 1.